The summed E-state index contributed by atoms with van der Waals surface area (Å²) in [6, 6.07) is 4.16. The molecule has 1 aromatic carbocycles. The number of halogens is 1. The monoisotopic (exact) mass is 352 g/mol. The van der Waals surface area contributed by atoms with E-state index in [4.69, 9.17) is 0 Å². The third-order valence-electron chi connectivity index (χ3n) is 4.44. The van der Waals surface area contributed by atoms with Crippen molar-refractivity contribution in [3.8, 4) is 0 Å². The Morgan fingerprint density at radius 3 is 2.57 bits per heavy atom. The van der Waals surface area contributed by atoms with Crippen LogP contribution in [0.3, 0.4) is 0 Å². The Labute approximate surface area is 136 Å². The van der Waals surface area contributed by atoms with Gasteiger partial charge in [-0.25, -0.2) is 0 Å². The number of anilines is 1. The SMILES string of the molecule is CCCC1(C(=O)Nc2c(C)cc(C)cc2Br)CCNCC1. The van der Waals surface area contributed by atoms with E-state index in [0.717, 1.165) is 54.5 Å². The van der Waals surface area contributed by atoms with E-state index in [-0.39, 0.29) is 11.3 Å². The number of aryl methyl sites for hydroxylation is 2. The fraction of sp³-hybridized carbons (Fsp3) is 0.588. The summed E-state index contributed by atoms with van der Waals surface area (Å²) >= 11 is 3.58. The van der Waals surface area contributed by atoms with Gasteiger partial charge in [0.1, 0.15) is 0 Å². The summed E-state index contributed by atoms with van der Waals surface area (Å²) < 4.78 is 0.967. The van der Waals surface area contributed by atoms with Crippen LogP contribution in [-0.4, -0.2) is 19.0 Å². The molecule has 0 radical (unpaired) electrons. The van der Waals surface area contributed by atoms with Crippen LogP contribution in [0.15, 0.2) is 16.6 Å². The van der Waals surface area contributed by atoms with E-state index in [1.54, 1.807) is 0 Å². The molecule has 116 valence electrons. The molecule has 1 fully saturated rings. The third kappa shape index (κ3) is 3.67. The maximum atomic E-state index is 12.9. The highest BCUT2D eigenvalue weighted by molar-refractivity contribution is 9.10. The summed E-state index contributed by atoms with van der Waals surface area (Å²) in [7, 11) is 0. The fourth-order valence-electron chi connectivity index (χ4n) is 3.29. The second-order valence-corrected chi connectivity index (χ2v) is 7.03. The molecule has 0 atom stereocenters. The van der Waals surface area contributed by atoms with Crippen LogP contribution in [0.1, 0.15) is 43.7 Å². The van der Waals surface area contributed by atoms with Gasteiger partial charge in [0.2, 0.25) is 5.91 Å². The van der Waals surface area contributed by atoms with Crippen molar-refractivity contribution in [2.75, 3.05) is 18.4 Å². The van der Waals surface area contributed by atoms with Gasteiger partial charge < -0.3 is 10.6 Å². The molecule has 2 rings (SSSR count). The molecule has 1 aliphatic rings. The third-order valence-corrected chi connectivity index (χ3v) is 5.07. The van der Waals surface area contributed by atoms with Crippen LogP contribution in [-0.2, 0) is 4.79 Å². The van der Waals surface area contributed by atoms with Crippen molar-refractivity contribution in [2.45, 2.75) is 46.5 Å². The van der Waals surface area contributed by atoms with Crippen LogP contribution in [0.25, 0.3) is 0 Å². The second kappa shape index (κ2) is 6.93. The molecule has 21 heavy (non-hydrogen) atoms. The van der Waals surface area contributed by atoms with Crippen LogP contribution in [0.2, 0.25) is 0 Å². The molecule has 0 bridgehead atoms. The van der Waals surface area contributed by atoms with E-state index in [1.165, 1.54) is 5.56 Å². The van der Waals surface area contributed by atoms with Crippen molar-refractivity contribution in [3.63, 3.8) is 0 Å². The number of nitrogens with one attached hydrogen (secondary N) is 2. The first-order chi connectivity index (χ1) is 9.98. The molecule has 3 nitrogen and oxygen atoms in total. The summed E-state index contributed by atoms with van der Waals surface area (Å²) in [6.45, 7) is 8.13. The summed E-state index contributed by atoms with van der Waals surface area (Å²) in [5.41, 5.74) is 3.01. The molecular formula is C17H25BrN2O. The first kappa shape index (κ1) is 16.5. The number of carbonyl (C=O) groups is 1. The van der Waals surface area contributed by atoms with Crippen LogP contribution in [0.4, 0.5) is 5.69 Å². The number of amides is 1. The maximum absolute atomic E-state index is 12.9. The Hall–Kier alpha value is -0.870. The van der Waals surface area contributed by atoms with Crippen LogP contribution in [0.5, 0.6) is 0 Å². The van der Waals surface area contributed by atoms with Gasteiger partial charge in [0.15, 0.2) is 0 Å². The largest absolute Gasteiger partial charge is 0.324 e. The number of rotatable bonds is 4. The van der Waals surface area contributed by atoms with Crippen molar-refractivity contribution in [1.29, 1.82) is 0 Å². The zero-order valence-corrected chi connectivity index (χ0v) is 14.8. The summed E-state index contributed by atoms with van der Waals surface area (Å²) in [4.78, 5) is 12.9. The molecule has 0 aliphatic carbocycles. The average molecular weight is 353 g/mol. The van der Waals surface area contributed by atoms with Gasteiger partial charge in [-0.15, -0.1) is 0 Å². The van der Waals surface area contributed by atoms with Crippen molar-refractivity contribution in [1.82, 2.24) is 5.32 Å². The van der Waals surface area contributed by atoms with Crippen LogP contribution < -0.4 is 10.6 Å². The first-order valence-electron chi connectivity index (χ1n) is 7.77. The zero-order chi connectivity index (χ0) is 15.5. The quantitative estimate of drug-likeness (QED) is 0.853. The molecule has 1 aliphatic heterocycles. The normalized spacial score (nSPS) is 17.5. The molecule has 0 saturated carbocycles. The van der Waals surface area contributed by atoms with Gasteiger partial charge in [0, 0.05) is 4.47 Å². The van der Waals surface area contributed by atoms with Crippen molar-refractivity contribution < 1.29 is 4.79 Å². The highest BCUT2D eigenvalue weighted by atomic mass is 79.9. The molecule has 4 heteroatoms. The summed E-state index contributed by atoms with van der Waals surface area (Å²) in [6.07, 6.45) is 3.86. The van der Waals surface area contributed by atoms with Gasteiger partial charge in [-0.3, -0.25) is 4.79 Å². The number of carbonyl (C=O) groups excluding carboxylic acids is 1. The Morgan fingerprint density at radius 1 is 1.33 bits per heavy atom. The average Bonchev–Trinajstić information content (AvgIpc) is 2.44. The Kier molecular flexibility index (Phi) is 5.44. The van der Waals surface area contributed by atoms with E-state index in [9.17, 15) is 4.79 Å². The maximum Gasteiger partial charge on any atom is 0.230 e. The lowest BCUT2D eigenvalue weighted by molar-refractivity contribution is -0.127. The Balaban J connectivity index is 2.23. The zero-order valence-electron chi connectivity index (χ0n) is 13.2. The molecule has 1 aromatic rings. The molecule has 1 saturated heterocycles. The first-order valence-corrected chi connectivity index (χ1v) is 8.57. The van der Waals surface area contributed by atoms with Crippen LogP contribution >= 0.6 is 15.9 Å². The van der Waals surface area contributed by atoms with E-state index in [0.29, 0.717) is 0 Å². The van der Waals surface area contributed by atoms with Gasteiger partial charge in [0.05, 0.1) is 11.1 Å². The van der Waals surface area contributed by atoms with E-state index < -0.39 is 0 Å². The number of piperidine rings is 1. The summed E-state index contributed by atoms with van der Waals surface area (Å²) in [5.74, 6) is 0.179. The van der Waals surface area contributed by atoms with Gasteiger partial charge in [-0.2, -0.15) is 0 Å². The van der Waals surface area contributed by atoms with Gasteiger partial charge >= 0.3 is 0 Å². The fourth-order valence-corrected chi connectivity index (χ4v) is 4.07. The van der Waals surface area contributed by atoms with Crippen LogP contribution in [0, 0.1) is 19.3 Å². The van der Waals surface area contributed by atoms with Crippen molar-refractivity contribution >= 4 is 27.5 Å². The number of hydrogen-bond acceptors (Lipinski definition) is 2. The van der Waals surface area contributed by atoms with E-state index in [1.807, 2.05) is 6.92 Å². The van der Waals surface area contributed by atoms with E-state index >= 15 is 0 Å². The second-order valence-electron chi connectivity index (χ2n) is 6.17. The van der Waals surface area contributed by atoms with E-state index in [2.05, 4.69) is 52.5 Å². The molecule has 1 heterocycles. The smallest absolute Gasteiger partial charge is 0.230 e. The number of benzene rings is 1. The van der Waals surface area contributed by atoms with Gasteiger partial charge in [-0.05, 0) is 79.3 Å². The Morgan fingerprint density at radius 2 is 2.00 bits per heavy atom. The lowest BCUT2D eigenvalue weighted by atomic mass is 9.74. The van der Waals surface area contributed by atoms with Gasteiger partial charge in [0.25, 0.3) is 0 Å². The molecule has 0 aromatic heterocycles. The lowest BCUT2D eigenvalue weighted by Gasteiger charge is -2.36. The van der Waals surface area contributed by atoms with Crippen molar-refractivity contribution in [3.05, 3.63) is 27.7 Å². The molecule has 2 N–H and O–H groups in total. The minimum Gasteiger partial charge on any atom is -0.324 e. The topological polar surface area (TPSA) is 41.1 Å². The molecular weight excluding hydrogens is 328 g/mol. The standard InChI is InChI=1S/C17H25BrN2O/c1-4-5-17(6-8-19-9-7-17)16(21)20-15-13(3)10-12(2)11-14(15)18/h10-11,19H,4-9H2,1-3H3,(H,20,21). The lowest BCUT2D eigenvalue weighted by Crippen LogP contribution is -2.45. The molecule has 0 spiro atoms. The minimum atomic E-state index is -0.212. The highest BCUT2D eigenvalue weighted by Gasteiger charge is 2.38. The molecule has 1 amide bonds. The predicted octanol–water partition coefficient (Wildman–Crippen LogP) is 4.17. The predicted molar refractivity (Wildman–Crippen MR) is 91.7 cm³/mol. The summed E-state index contributed by atoms with van der Waals surface area (Å²) in [5, 5.41) is 6.55. The minimum absolute atomic E-state index is 0.179. The van der Waals surface area contributed by atoms with Gasteiger partial charge in [-0.1, -0.05) is 19.4 Å². The highest BCUT2D eigenvalue weighted by Crippen LogP contribution is 2.37. The Bertz CT molecular complexity index is 493. The number of hydrogen-bond donors (Lipinski definition) is 2. The van der Waals surface area contributed by atoms with Crippen molar-refractivity contribution in [2.24, 2.45) is 5.41 Å². The molecule has 0 unspecified atom stereocenters.